The second-order valence-electron chi connectivity index (χ2n) is 3.21. The van der Waals surface area contributed by atoms with Crippen LogP contribution in [0.1, 0.15) is 16.7 Å². The summed E-state index contributed by atoms with van der Waals surface area (Å²) in [7, 11) is 0. The Morgan fingerprint density at radius 2 is 2.18 bits per heavy atom. The van der Waals surface area contributed by atoms with E-state index in [9.17, 15) is 14.9 Å². The van der Waals surface area contributed by atoms with Crippen LogP contribution < -0.4 is 0 Å². The zero-order valence-corrected chi connectivity index (χ0v) is 9.27. The first-order chi connectivity index (χ1) is 7.99. The quantitative estimate of drug-likeness (QED) is 0.501. The van der Waals surface area contributed by atoms with Gasteiger partial charge in [0.2, 0.25) is 0 Å². The summed E-state index contributed by atoms with van der Waals surface area (Å²) in [6.45, 7) is 0. The molecule has 0 heterocycles. The van der Waals surface area contributed by atoms with E-state index >= 15 is 0 Å². The number of hydrogen-bond acceptors (Lipinski definition) is 4. The molecule has 1 N–H and O–H groups in total. The van der Waals surface area contributed by atoms with Gasteiger partial charge in [0.15, 0.2) is 0 Å². The minimum absolute atomic E-state index is 0.0204. The first-order valence-corrected chi connectivity index (χ1v) is 5.01. The monoisotopic (exact) mass is 254 g/mol. The first kappa shape index (κ1) is 12.9. The smallest absolute Gasteiger partial charge is 0.307 e. The van der Waals surface area contributed by atoms with E-state index in [0.717, 1.165) is 6.07 Å². The molecule has 1 aromatic carbocycles. The second kappa shape index (κ2) is 5.27. The third-order valence-corrected chi connectivity index (χ3v) is 2.40. The molecule has 0 unspecified atom stereocenters. The Balaban J connectivity index is 3.39. The molecule has 0 aliphatic rings. The lowest BCUT2D eigenvalue weighted by atomic mass is 10.0. The van der Waals surface area contributed by atoms with Crippen LogP contribution in [-0.4, -0.2) is 16.0 Å². The van der Waals surface area contributed by atoms with Crippen LogP contribution in [0, 0.1) is 21.4 Å². The molecule has 6 nitrogen and oxygen atoms in total. The lowest BCUT2D eigenvalue weighted by Gasteiger charge is -2.04. The van der Waals surface area contributed by atoms with Gasteiger partial charge >= 0.3 is 5.97 Å². The van der Waals surface area contributed by atoms with Crippen molar-refractivity contribution >= 4 is 23.3 Å². The van der Waals surface area contributed by atoms with Gasteiger partial charge in [-0.3, -0.25) is 14.9 Å². The van der Waals surface area contributed by atoms with Crippen LogP contribution in [0.4, 0.5) is 5.69 Å². The molecule has 0 aliphatic carbocycles. The van der Waals surface area contributed by atoms with Crippen LogP contribution in [0.15, 0.2) is 12.1 Å². The van der Waals surface area contributed by atoms with Gasteiger partial charge in [-0.2, -0.15) is 5.26 Å². The zero-order valence-electron chi connectivity index (χ0n) is 8.51. The molecule has 0 spiro atoms. The number of nitro groups is 1. The van der Waals surface area contributed by atoms with E-state index in [1.165, 1.54) is 6.07 Å². The second-order valence-corrected chi connectivity index (χ2v) is 3.48. The molecule has 1 rings (SSSR count). The molecule has 0 atom stereocenters. The summed E-state index contributed by atoms with van der Waals surface area (Å²) in [5, 5.41) is 28.2. The van der Waals surface area contributed by atoms with Crippen molar-refractivity contribution in [2.75, 3.05) is 0 Å². The van der Waals surface area contributed by atoms with Crippen molar-refractivity contribution in [1.29, 1.82) is 5.26 Å². The number of halogens is 1. The third-order valence-electron chi connectivity index (χ3n) is 2.11. The fraction of sp³-hybridized carbons (Fsp3) is 0.200. The van der Waals surface area contributed by atoms with Crippen LogP contribution in [0.2, 0.25) is 0 Å². The van der Waals surface area contributed by atoms with E-state index < -0.39 is 10.9 Å². The molecule has 88 valence electrons. The van der Waals surface area contributed by atoms with E-state index in [0.29, 0.717) is 0 Å². The number of carboxylic acid groups (broad SMARTS) is 1. The first-order valence-electron chi connectivity index (χ1n) is 4.47. The summed E-state index contributed by atoms with van der Waals surface area (Å²) in [6.07, 6.45) is -0.370. The van der Waals surface area contributed by atoms with Crippen LogP contribution in [-0.2, 0) is 17.1 Å². The minimum Gasteiger partial charge on any atom is -0.481 e. The summed E-state index contributed by atoms with van der Waals surface area (Å²) >= 11 is 5.55. The van der Waals surface area contributed by atoms with E-state index in [1.54, 1.807) is 6.07 Å². The number of benzene rings is 1. The van der Waals surface area contributed by atoms with Gasteiger partial charge in [-0.1, -0.05) is 0 Å². The number of rotatable bonds is 4. The van der Waals surface area contributed by atoms with E-state index in [-0.39, 0.29) is 34.7 Å². The number of aliphatic carboxylic acids is 1. The molecule has 0 fully saturated rings. The molecule has 1 aromatic rings. The average Bonchev–Trinajstić information content (AvgIpc) is 2.27. The van der Waals surface area contributed by atoms with Crippen molar-refractivity contribution in [3.05, 3.63) is 38.9 Å². The van der Waals surface area contributed by atoms with Gasteiger partial charge in [0.25, 0.3) is 5.69 Å². The van der Waals surface area contributed by atoms with E-state index in [1.807, 2.05) is 0 Å². The summed E-state index contributed by atoms with van der Waals surface area (Å²) in [6, 6.07) is 4.08. The predicted molar refractivity (Wildman–Crippen MR) is 58.7 cm³/mol. The standard InChI is InChI=1S/C10H7ClN2O4/c11-4-7-1-6(3-10(14)15)8(5-12)2-9(7)13(16)17/h1-2H,3-4H2,(H,14,15). The fourth-order valence-corrected chi connectivity index (χ4v) is 1.59. The molecule has 0 aliphatic heterocycles. The maximum atomic E-state index is 10.7. The number of hydrogen-bond donors (Lipinski definition) is 1. The topological polar surface area (TPSA) is 104 Å². The van der Waals surface area contributed by atoms with Gasteiger partial charge in [-0.05, 0) is 11.6 Å². The number of carboxylic acids is 1. The summed E-state index contributed by atoms with van der Waals surface area (Å²) < 4.78 is 0. The highest BCUT2D eigenvalue weighted by Crippen LogP contribution is 2.25. The van der Waals surface area contributed by atoms with Gasteiger partial charge in [-0.15, -0.1) is 11.6 Å². The zero-order chi connectivity index (χ0) is 13.0. The van der Waals surface area contributed by atoms with Gasteiger partial charge in [0, 0.05) is 11.6 Å². The molecule has 17 heavy (non-hydrogen) atoms. The summed E-state index contributed by atoms with van der Waals surface area (Å²) in [4.78, 5) is 20.6. The highest BCUT2D eigenvalue weighted by atomic mass is 35.5. The van der Waals surface area contributed by atoms with Gasteiger partial charge in [-0.25, -0.2) is 0 Å². The van der Waals surface area contributed by atoms with Crippen molar-refractivity contribution in [3.63, 3.8) is 0 Å². The number of carbonyl (C=O) groups is 1. The summed E-state index contributed by atoms with van der Waals surface area (Å²) in [5.74, 6) is -1.23. The number of nitrogens with zero attached hydrogens (tertiary/aromatic N) is 2. The average molecular weight is 255 g/mol. The number of alkyl halides is 1. The Kier molecular flexibility index (Phi) is 4.01. The number of nitro benzene ring substituents is 1. The summed E-state index contributed by atoms with van der Waals surface area (Å²) in [5.41, 5.74) is 0.131. The molecular weight excluding hydrogens is 248 g/mol. The largest absolute Gasteiger partial charge is 0.481 e. The Morgan fingerprint density at radius 1 is 1.53 bits per heavy atom. The lowest BCUT2D eigenvalue weighted by Crippen LogP contribution is -2.05. The maximum Gasteiger partial charge on any atom is 0.307 e. The van der Waals surface area contributed by atoms with Crippen LogP contribution in [0.3, 0.4) is 0 Å². The Bertz CT molecular complexity index is 522. The van der Waals surface area contributed by atoms with Gasteiger partial charge < -0.3 is 5.11 Å². The van der Waals surface area contributed by atoms with Crippen molar-refractivity contribution in [1.82, 2.24) is 0 Å². The van der Waals surface area contributed by atoms with Gasteiger partial charge in [0.05, 0.1) is 28.9 Å². The predicted octanol–water partition coefficient (Wildman–Crippen LogP) is 1.83. The van der Waals surface area contributed by atoms with Gasteiger partial charge in [0.1, 0.15) is 0 Å². The molecule has 0 aromatic heterocycles. The fourth-order valence-electron chi connectivity index (χ4n) is 1.37. The van der Waals surface area contributed by atoms with Crippen LogP contribution >= 0.6 is 11.6 Å². The van der Waals surface area contributed by atoms with E-state index in [2.05, 4.69) is 0 Å². The molecule has 0 bridgehead atoms. The molecule has 0 saturated heterocycles. The molecule has 7 heteroatoms. The third kappa shape index (κ3) is 2.92. The maximum absolute atomic E-state index is 10.7. The Labute approximate surface area is 101 Å². The van der Waals surface area contributed by atoms with Crippen molar-refractivity contribution in [2.24, 2.45) is 0 Å². The van der Waals surface area contributed by atoms with Crippen molar-refractivity contribution < 1.29 is 14.8 Å². The van der Waals surface area contributed by atoms with Crippen LogP contribution in [0.5, 0.6) is 0 Å². The molecule has 0 amide bonds. The van der Waals surface area contributed by atoms with Crippen LogP contribution in [0.25, 0.3) is 0 Å². The highest BCUT2D eigenvalue weighted by Gasteiger charge is 2.18. The molecular formula is C10H7ClN2O4. The molecule has 0 radical (unpaired) electrons. The lowest BCUT2D eigenvalue weighted by molar-refractivity contribution is -0.385. The highest BCUT2D eigenvalue weighted by molar-refractivity contribution is 6.17. The van der Waals surface area contributed by atoms with Crippen molar-refractivity contribution in [2.45, 2.75) is 12.3 Å². The molecule has 0 saturated carbocycles. The minimum atomic E-state index is -1.11. The van der Waals surface area contributed by atoms with Crippen molar-refractivity contribution in [3.8, 4) is 6.07 Å². The number of nitriles is 1. The Morgan fingerprint density at radius 3 is 2.59 bits per heavy atom. The normalized spacial score (nSPS) is 9.65. The van der Waals surface area contributed by atoms with E-state index in [4.69, 9.17) is 22.0 Å². The SMILES string of the molecule is N#Cc1cc([N+](=O)[O-])c(CCl)cc1CC(=O)O. The Hall–Kier alpha value is -2.13.